The zero-order chi connectivity index (χ0) is 21.1. The minimum atomic E-state index is -1.02. The Morgan fingerprint density at radius 1 is 1.17 bits per heavy atom. The van der Waals surface area contributed by atoms with E-state index in [1.54, 1.807) is 24.3 Å². The van der Waals surface area contributed by atoms with Gasteiger partial charge in [-0.25, -0.2) is 4.79 Å². The van der Waals surface area contributed by atoms with E-state index >= 15 is 0 Å². The molecule has 29 heavy (non-hydrogen) atoms. The van der Waals surface area contributed by atoms with Crippen molar-refractivity contribution in [1.29, 1.82) is 0 Å². The summed E-state index contributed by atoms with van der Waals surface area (Å²) in [4.78, 5) is 38.5. The number of rotatable bonds is 4. The van der Waals surface area contributed by atoms with Gasteiger partial charge in [0.25, 0.3) is 5.91 Å². The molecule has 1 heterocycles. The fraction of sp³-hybridized carbons (Fsp3) is 0.318. The molecule has 1 N–H and O–H groups in total. The van der Waals surface area contributed by atoms with Crippen LogP contribution in [-0.2, 0) is 19.1 Å². The Morgan fingerprint density at radius 2 is 1.90 bits per heavy atom. The van der Waals surface area contributed by atoms with Crippen molar-refractivity contribution in [1.82, 2.24) is 0 Å². The van der Waals surface area contributed by atoms with E-state index in [1.807, 2.05) is 32.0 Å². The maximum atomic E-state index is 12.6. The van der Waals surface area contributed by atoms with Crippen LogP contribution in [0.4, 0.5) is 11.4 Å². The van der Waals surface area contributed by atoms with Crippen LogP contribution >= 0.6 is 0 Å². The number of hydrogen-bond acceptors (Lipinski definition) is 5. The molecule has 1 aliphatic rings. The Kier molecular flexibility index (Phi) is 5.87. The summed E-state index contributed by atoms with van der Waals surface area (Å²) in [5.74, 6) is -0.927. The maximum Gasteiger partial charge on any atom is 0.350 e. The lowest BCUT2D eigenvalue weighted by molar-refractivity contribution is -0.160. The fourth-order valence-electron chi connectivity index (χ4n) is 3.06. The second-order valence-corrected chi connectivity index (χ2v) is 7.09. The number of anilines is 2. The average molecular weight is 396 g/mol. The lowest BCUT2D eigenvalue weighted by Crippen LogP contribution is -2.48. The predicted octanol–water partition coefficient (Wildman–Crippen LogP) is 2.99. The minimum absolute atomic E-state index is 0.0243. The zero-order valence-corrected chi connectivity index (χ0v) is 16.9. The second kappa shape index (κ2) is 8.34. The van der Waals surface area contributed by atoms with Gasteiger partial charge in [-0.2, -0.15) is 0 Å². The number of carbonyl (C=O) groups excluding carboxylic acids is 3. The van der Waals surface area contributed by atoms with Gasteiger partial charge in [0.2, 0.25) is 12.0 Å². The first-order valence-electron chi connectivity index (χ1n) is 9.38. The van der Waals surface area contributed by atoms with Gasteiger partial charge in [0.15, 0.2) is 6.10 Å². The number of fused-ring (bicyclic) bond motifs is 1. The Morgan fingerprint density at radius 3 is 2.62 bits per heavy atom. The molecule has 0 unspecified atom stereocenters. The summed E-state index contributed by atoms with van der Waals surface area (Å²) in [7, 11) is 0. The van der Waals surface area contributed by atoms with E-state index in [0.29, 0.717) is 17.1 Å². The lowest BCUT2D eigenvalue weighted by atomic mass is 10.1. The maximum absolute atomic E-state index is 12.6. The molecule has 2 aromatic carbocycles. The Hall–Kier alpha value is -3.35. The van der Waals surface area contributed by atoms with Crippen molar-refractivity contribution < 1.29 is 23.9 Å². The van der Waals surface area contributed by atoms with Crippen LogP contribution in [0.3, 0.4) is 0 Å². The molecule has 0 saturated carbocycles. The molecule has 1 aliphatic heterocycles. The third-order valence-electron chi connectivity index (χ3n) is 4.73. The highest BCUT2D eigenvalue weighted by Gasteiger charge is 2.35. The summed E-state index contributed by atoms with van der Waals surface area (Å²) < 4.78 is 11.0. The van der Waals surface area contributed by atoms with Crippen LogP contribution in [0.2, 0.25) is 0 Å². The lowest BCUT2D eigenvalue weighted by Gasteiger charge is -2.33. The van der Waals surface area contributed by atoms with Crippen molar-refractivity contribution in [3.63, 3.8) is 0 Å². The molecule has 7 nitrogen and oxygen atoms in total. The van der Waals surface area contributed by atoms with Gasteiger partial charge < -0.3 is 19.7 Å². The molecule has 0 saturated heterocycles. The zero-order valence-electron chi connectivity index (χ0n) is 16.9. The molecule has 0 aliphatic carbocycles. The molecule has 0 fully saturated rings. The number of esters is 1. The predicted molar refractivity (Wildman–Crippen MR) is 109 cm³/mol. The number of para-hydroxylation sites is 2. The molecule has 7 heteroatoms. The number of carbonyl (C=O) groups is 3. The Bertz CT molecular complexity index is 956. The van der Waals surface area contributed by atoms with Crippen molar-refractivity contribution in [2.24, 2.45) is 0 Å². The first-order valence-corrected chi connectivity index (χ1v) is 9.38. The molecule has 3 rings (SSSR count). The minimum Gasteiger partial charge on any atom is -0.475 e. The van der Waals surface area contributed by atoms with Crippen LogP contribution in [0, 0.1) is 13.8 Å². The van der Waals surface area contributed by atoms with Gasteiger partial charge in [-0.15, -0.1) is 0 Å². The van der Waals surface area contributed by atoms with E-state index in [9.17, 15) is 14.4 Å². The fourth-order valence-corrected chi connectivity index (χ4v) is 3.06. The molecular formula is C22H24N2O5. The van der Waals surface area contributed by atoms with Crippen LogP contribution in [-0.4, -0.2) is 36.5 Å². The summed E-state index contributed by atoms with van der Waals surface area (Å²) in [5.41, 5.74) is 3.19. The van der Waals surface area contributed by atoms with Gasteiger partial charge in [0, 0.05) is 12.6 Å². The summed E-state index contributed by atoms with van der Waals surface area (Å²) in [6, 6.07) is 12.7. The third kappa shape index (κ3) is 4.56. The smallest absolute Gasteiger partial charge is 0.350 e. The first kappa shape index (κ1) is 20.4. The molecule has 0 radical (unpaired) electrons. The quantitative estimate of drug-likeness (QED) is 0.803. The number of benzene rings is 2. The number of nitrogens with one attached hydrogen (secondary N) is 1. The molecule has 0 aromatic heterocycles. The molecular weight excluding hydrogens is 372 g/mol. The molecule has 2 amide bonds. The van der Waals surface area contributed by atoms with Crippen LogP contribution in [0.15, 0.2) is 42.5 Å². The summed E-state index contributed by atoms with van der Waals surface area (Å²) in [6.07, 6.45) is -2.03. The highest BCUT2D eigenvalue weighted by molar-refractivity contribution is 5.97. The van der Waals surface area contributed by atoms with Crippen LogP contribution in [0.25, 0.3) is 0 Å². The molecule has 0 spiro atoms. The van der Waals surface area contributed by atoms with Gasteiger partial charge in [-0.1, -0.05) is 24.3 Å². The highest BCUT2D eigenvalue weighted by atomic mass is 16.6. The van der Waals surface area contributed by atoms with E-state index in [2.05, 4.69) is 5.32 Å². The summed E-state index contributed by atoms with van der Waals surface area (Å²) in [5, 5.41) is 2.78. The number of amides is 2. The SMILES string of the molecule is CC(=O)N1C[C@H](C(=O)O[C@@H](C)C(=O)Nc2cc(C)ccc2C)Oc2ccccc21. The van der Waals surface area contributed by atoms with Gasteiger partial charge in [-0.05, 0) is 50.1 Å². The normalized spacial score (nSPS) is 16.3. The van der Waals surface area contributed by atoms with Crippen LogP contribution in [0.1, 0.15) is 25.0 Å². The van der Waals surface area contributed by atoms with Gasteiger partial charge in [0.05, 0.1) is 12.2 Å². The first-order chi connectivity index (χ1) is 13.8. The highest BCUT2D eigenvalue weighted by Crippen LogP contribution is 2.33. The number of hydrogen-bond donors (Lipinski definition) is 1. The Labute approximate surface area is 169 Å². The van der Waals surface area contributed by atoms with E-state index in [4.69, 9.17) is 9.47 Å². The van der Waals surface area contributed by atoms with Crippen molar-refractivity contribution in [3.8, 4) is 5.75 Å². The van der Waals surface area contributed by atoms with E-state index in [-0.39, 0.29) is 12.5 Å². The summed E-state index contributed by atoms with van der Waals surface area (Å²) >= 11 is 0. The van der Waals surface area contributed by atoms with Crippen molar-refractivity contribution in [3.05, 3.63) is 53.6 Å². The van der Waals surface area contributed by atoms with Gasteiger partial charge >= 0.3 is 5.97 Å². The topological polar surface area (TPSA) is 84.9 Å². The second-order valence-electron chi connectivity index (χ2n) is 7.09. The standard InChI is InChI=1S/C22H24N2O5/c1-13-9-10-14(2)17(11-13)23-21(26)15(3)28-22(27)20-12-24(16(4)25)18-7-5-6-8-19(18)29-20/h5-11,15,20H,12H2,1-4H3,(H,23,26)/t15-,20+/m0/s1. The van der Waals surface area contributed by atoms with Crippen molar-refractivity contribution >= 4 is 29.2 Å². The van der Waals surface area contributed by atoms with E-state index < -0.39 is 24.1 Å². The molecule has 152 valence electrons. The monoisotopic (exact) mass is 396 g/mol. The number of ether oxygens (including phenoxy) is 2. The van der Waals surface area contributed by atoms with Gasteiger partial charge in [-0.3, -0.25) is 9.59 Å². The number of nitrogens with zero attached hydrogens (tertiary/aromatic N) is 1. The van der Waals surface area contributed by atoms with E-state index in [1.165, 1.54) is 18.7 Å². The van der Waals surface area contributed by atoms with Crippen molar-refractivity contribution in [2.45, 2.75) is 39.9 Å². The van der Waals surface area contributed by atoms with Crippen LogP contribution < -0.4 is 15.0 Å². The van der Waals surface area contributed by atoms with Crippen molar-refractivity contribution in [2.75, 3.05) is 16.8 Å². The number of aryl methyl sites for hydroxylation is 2. The third-order valence-corrected chi connectivity index (χ3v) is 4.73. The van der Waals surface area contributed by atoms with E-state index in [0.717, 1.165) is 11.1 Å². The van der Waals surface area contributed by atoms with Gasteiger partial charge in [0.1, 0.15) is 5.75 Å². The summed E-state index contributed by atoms with van der Waals surface area (Å²) in [6.45, 7) is 6.76. The largest absolute Gasteiger partial charge is 0.475 e. The molecule has 2 atom stereocenters. The average Bonchev–Trinajstić information content (AvgIpc) is 2.69. The molecule has 0 bridgehead atoms. The Balaban J connectivity index is 1.67. The molecule has 2 aromatic rings. The van der Waals surface area contributed by atoms with Crippen LogP contribution in [0.5, 0.6) is 5.75 Å².